The first-order chi connectivity index (χ1) is 26.1. The molecule has 0 aliphatic carbocycles. The molecule has 3 aliphatic rings. The molecule has 3 aliphatic heterocycles. The van der Waals surface area contributed by atoms with Crippen molar-refractivity contribution >= 4 is 36.4 Å². The molecule has 1 N–H and O–H groups in total. The summed E-state index contributed by atoms with van der Waals surface area (Å²) in [6, 6.07) is 22.3. The van der Waals surface area contributed by atoms with Gasteiger partial charge in [0.1, 0.15) is 11.5 Å². The Morgan fingerprint density at radius 1 is 0.963 bits per heavy atom. The Morgan fingerprint density at radius 2 is 1.72 bits per heavy atom. The van der Waals surface area contributed by atoms with E-state index in [-0.39, 0.29) is 36.0 Å². The van der Waals surface area contributed by atoms with Crippen LogP contribution in [0, 0.1) is 5.92 Å². The van der Waals surface area contributed by atoms with E-state index >= 15 is 4.79 Å². The van der Waals surface area contributed by atoms with Gasteiger partial charge in [-0.25, -0.2) is 0 Å². The maximum atomic E-state index is 15.4. The highest BCUT2D eigenvalue weighted by molar-refractivity contribution is 6.91. The van der Waals surface area contributed by atoms with Crippen LogP contribution in [0.5, 0.6) is 11.5 Å². The highest BCUT2D eigenvalue weighted by Crippen LogP contribution is 2.60. The van der Waals surface area contributed by atoms with Gasteiger partial charge >= 0.3 is 0 Å². The highest BCUT2D eigenvalue weighted by atomic mass is 28.3. The number of nitrogens with zero attached hydrogens (tertiary/aromatic N) is 5. The molecule has 0 unspecified atom stereocenters. The Balaban J connectivity index is 1.26. The normalized spacial score (nSPS) is 23.1. The van der Waals surface area contributed by atoms with Crippen LogP contribution in [0.4, 0.5) is 11.4 Å². The van der Waals surface area contributed by atoms with Crippen LogP contribution in [0.3, 0.4) is 0 Å². The zero-order valence-corrected chi connectivity index (χ0v) is 33.2. The molecule has 1 spiro atoms. The number of aliphatic hydroxyl groups excluding tert-OH is 1. The summed E-state index contributed by atoms with van der Waals surface area (Å²) in [6.07, 6.45) is 7.35. The molecule has 7 rings (SSSR count). The molecule has 4 aromatic rings. The predicted octanol–water partition coefficient (Wildman–Crippen LogP) is 5.98. The molecule has 0 radical (unpaired) electrons. The van der Waals surface area contributed by atoms with E-state index in [0.717, 1.165) is 59.6 Å². The van der Waals surface area contributed by atoms with Crippen LogP contribution >= 0.6 is 0 Å². The Labute approximate surface area is 319 Å². The fraction of sp³-hybridized carbons (Fsp3) is 0.476. The summed E-state index contributed by atoms with van der Waals surface area (Å²) in [5.74, 6) is 1.37. The zero-order valence-electron chi connectivity index (χ0n) is 32.2. The van der Waals surface area contributed by atoms with E-state index in [1.807, 2.05) is 69.2 Å². The van der Waals surface area contributed by atoms with Crippen molar-refractivity contribution in [3.8, 4) is 11.5 Å². The molecular weight excluding hydrogens is 699 g/mol. The van der Waals surface area contributed by atoms with Gasteiger partial charge in [-0.1, -0.05) is 67.5 Å². The molecule has 286 valence electrons. The Kier molecular flexibility index (Phi) is 11.0. The molecule has 0 saturated carbocycles. The minimum atomic E-state index is -2.36. The van der Waals surface area contributed by atoms with Crippen molar-refractivity contribution in [2.75, 3.05) is 37.2 Å². The van der Waals surface area contributed by atoms with Gasteiger partial charge in [0.05, 0.1) is 46.3 Å². The zero-order chi connectivity index (χ0) is 38.0. The fourth-order valence-electron chi connectivity index (χ4n) is 9.22. The lowest BCUT2D eigenvalue weighted by molar-refractivity contribution is -0.146. The summed E-state index contributed by atoms with van der Waals surface area (Å²) in [6.45, 7) is 8.55. The number of aliphatic hydroxyl groups is 1. The Hall–Kier alpha value is -4.52. The number of carbonyl (C=O) groups is 2. The topological polar surface area (TPSA) is 119 Å². The van der Waals surface area contributed by atoms with Crippen LogP contribution in [0.25, 0.3) is 0 Å². The maximum Gasteiger partial charge on any atom is 0.264 e. The van der Waals surface area contributed by atoms with Gasteiger partial charge in [0.15, 0.2) is 5.60 Å². The number of methoxy groups -OCH3 is 2. The van der Waals surface area contributed by atoms with Crippen molar-refractivity contribution in [2.45, 2.75) is 95.3 Å². The quantitative estimate of drug-likeness (QED) is 0.176. The second kappa shape index (κ2) is 15.7. The molecule has 3 aromatic carbocycles. The first-order valence-corrected chi connectivity index (χ1v) is 22.4. The largest absolute Gasteiger partial charge is 0.497 e. The number of ether oxygens (including phenoxy) is 3. The van der Waals surface area contributed by atoms with Crippen molar-refractivity contribution in [2.24, 2.45) is 5.92 Å². The molecule has 0 bridgehead atoms. The van der Waals surface area contributed by atoms with E-state index in [0.29, 0.717) is 44.6 Å². The minimum Gasteiger partial charge on any atom is -0.497 e. The number of benzene rings is 3. The Bertz CT molecular complexity index is 1970. The maximum absolute atomic E-state index is 15.4. The van der Waals surface area contributed by atoms with E-state index < -0.39 is 13.7 Å². The highest BCUT2D eigenvalue weighted by Gasteiger charge is 2.66. The van der Waals surface area contributed by atoms with Gasteiger partial charge in [-0.15, -0.1) is 5.10 Å². The van der Waals surface area contributed by atoms with Crippen LogP contribution < -0.4 is 24.5 Å². The molecule has 1 aromatic heterocycles. The third-order valence-electron chi connectivity index (χ3n) is 12.0. The molecule has 2 saturated heterocycles. The van der Waals surface area contributed by atoms with E-state index in [4.69, 9.17) is 14.2 Å². The van der Waals surface area contributed by atoms with Gasteiger partial charge in [-0.3, -0.25) is 14.3 Å². The van der Waals surface area contributed by atoms with E-state index in [2.05, 4.69) is 48.5 Å². The van der Waals surface area contributed by atoms with Gasteiger partial charge in [0, 0.05) is 55.9 Å². The van der Waals surface area contributed by atoms with Crippen molar-refractivity contribution in [3.05, 3.63) is 89.7 Å². The molecule has 2 amide bonds. The van der Waals surface area contributed by atoms with E-state index in [1.165, 1.54) is 5.19 Å². The molecule has 12 heteroatoms. The average molecular weight is 752 g/mol. The summed E-state index contributed by atoms with van der Waals surface area (Å²) in [7, 11) is 0.967. The van der Waals surface area contributed by atoms with Gasteiger partial charge in [0.25, 0.3) is 5.91 Å². The molecule has 4 heterocycles. The summed E-state index contributed by atoms with van der Waals surface area (Å²) in [5.41, 5.74) is 3.02. The number of carbonyl (C=O) groups excluding carboxylic acids is 2. The van der Waals surface area contributed by atoms with Crippen LogP contribution in [0.2, 0.25) is 18.6 Å². The van der Waals surface area contributed by atoms with Crippen molar-refractivity contribution in [3.63, 3.8) is 0 Å². The molecule has 2 fully saturated rings. The lowest BCUT2D eigenvalue weighted by Crippen LogP contribution is -2.51. The summed E-state index contributed by atoms with van der Waals surface area (Å²) >= 11 is 0. The van der Waals surface area contributed by atoms with Gasteiger partial charge in [-0.05, 0) is 72.8 Å². The van der Waals surface area contributed by atoms with Crippen LogP contribution in [0.15, 0.2) is 72.9 Å². The van der Waals surface area contributed by atoms with E-state index in [1.54, 1.807) is 14.2 Å². The third-order valence-corrected chi connectivity index (χ3v) is 16.4. The molecule has 54 heavy (non-hydrogen) atoms. The molecular formula is C42H53N5O6Si. The second-order valence-corrected chi connectivity index (χ2v) is 20.2. The van der Waals surface area contributed by atoms with Crippen molar-refractivity contribution in [1.82, 2.24) is 15.0 Å². The van der Waals surface area contributed by atoms with Crippen molar-refractivity contribution in [1.29, 1.82) is 0 Å². The first kappa shape index (κ1) is 37.8. The van der Waals surface area contributed by atoms with Crippen LogP contribution in [0.1, 0.15) is 62.3 Å². The monoisotopic (exact) mass is 751 g/mol. The molecule has 4 atom stereocenters. The van der Waals surface area contributed by atoms with Gasteiger partial charge in [-0.2, -0.15) is 0 Å². The Morgan fingerprint density at radius 3 is 2.48 bits per heavy atom. The van der Waals surface area contributed by atoms with Crippen LogP contribution in [-0.4, -0.2) is 73.5 Å². The van der Waals surface area contributed by atoms with Crippen molar-refractivity contribution < 1.29 is 28.9 Å². The molecule has 11 nitrogen and oxygen atoms in total. The third kappa shape index (κ3) is 6.95. The average Bonchev–Trinajstić information content (AvgIpc) is 3.82. The number of hydrogen-bond donors (Lipinski definition) is 1. The second-order valence-electron chi connectivity index (χ2n) is 15.5. The lowest BCUT2D eigenvalue weighted by atomic mass is 9.82. The summed E-state index contributed by atoms with van der Waals surface area (Å²) in [5, 5.41) is 19.3. The number of fused-ring (bicyclic) bond motifs is 2. The number of anilines is 2. The predicted molar refractivity (Wildman–Crippen MR) is 211 cm³/mol. The number of amides is 2. The lowest BCUT2D eigenvalue weighted by Gasteiger charge is -2.37. The first-order valence-electron chi connectivity index (χ1n) is 19.3. The smallest absolute Gasteiger partial charge is 0.264 e. The number of rotatable bonds is 12. The van der Waals surface area contributed by atoms with Gasteiger partial charge < -0.3 is 29.1 Å². The SMILES string of the molecule is COc1ccc([Si](C)(C)[C@H]2[C@H](CCn3cc(CCO)nn3)O[C@@]3(C(=O)N(Cc4cccc(N5CCCCCCC5=O)c4)c4ccc(OC)cc43)[C@@H]2C)cc1. The number of hydrogen-bond acceptors (Lipinski definition) is 8. The summed E-state index contributed by atoms with van der Waals surface area (Å²) in [4.78, 5) is 32.3. The van der Waals surface area contributed by atoms with E-state index in [9.17, 15) is 9.90 Å². The number of aromatic nitrogens is 3. The van der Waals surface area contributed by atoms with Crippen LogP contribution in [-0.2, 0) is 39.4 Å². The number of aryl methyl sites for hydroxylation is 1. The minimum absolute atomic E-state index is 0.0103. The van der Waals surface area contributed by atoms with Gasteiger partial charge in [0.2, 0.25) is 5.91 Å². The standard InChI is InChI=1S/C42H53N5O6Si/c1-29-40(54(4,5)35-17-14-33(51-2)15-18-35)38(20-23-45-28-31(21-24-48)43-44-45)53-42(29)36-26-34(52-3)16-19-37(36)47(41(42)50)27-30-11-10-12-32(25-30)46-22-9-7-6-8-13-39(46)49/h10-12,14-19,25-26,28-29,38,40,48H,6-9,13,20-24,27H2,1-5H3/t29-,38+,40-,42+/m1/s1. The fourth-order valence-corrected chi connectivity index (χ4v) is 13.3. The summed E-state index contributed by atoms with van der Waals surface area (Å²) < 4.78 is 20.4.